The number of alkyl halides is 1. The first-order valence-corrected chi connectivity index (χ1v) is 13.2. The molecule has 0 aliphatic carbocycles. The van der Waals surface area contributed by atoms with Crippen LogP contribution in [0.15, 0.2) is 78.9 Å². The van der Waals surface area contributed by atoms with Crippen LogP contribution in [0.2, 0.25) is 0 Å². The van der Waals surface area contributed by atoms with Gasteiger partial charge in [-0.2, -0.15) is 0 Å². The lowest BCUT2D eigenvalue weighted by atomic mass is 9.88. The monoisotopic (exact) mass is 622 g/mol. The Kier molecular flexibility index (Phi) is 9.72. The zero-order valence-electron chi connectivity index (χ0n) is 17.4. The maximum absolute atomic E-state index is 5.96. The first-order valence-electron chi connectivity index (χ1n) is 10.6. The minimum Gasteiger partial charge on any atom is -0.494 e. The Bertz CT molecular complexity index is 929. The van der Waals surface area contributed by atoms with Crippen molar-refractivity contribution < 1.29 is 4.74 Å². The molecule has 0 atom stereocenters. The van der Waals surface area contributed by atoms with Gasteiger partial charge in [0.15, 0.2) is 0 Å². The molecule has 0 saturated carbocycles. The van der Waals surface area contributed by atoms with Crippen molar-refractivity contribution in [1.29, 1.82) is 0 Å². The Morgan fingerprint density at radius 1 is 0.733 bits per heavy atom. The second-order valence-corrected chi connectivity index (χ2v) is 9.53. The predicted octanol–water partition coefficient (Wildman–Crippen LogP) is 8.64. The summed E-state index contributed by atoms with van der Waals surface area (Å²) in [6.07, 6.45) is 4.59. The van der Waals surface area contributed by atoms with Crippen molar-refractivity contribution in [3.8, 4) is 5.75 Å². The van der Waals surface area contributed by atoms with Gasteiger partial charge in [-0.25, -0.2) is 0 Å². The summed E-state index contributed by atoms with van der Waals surface area (Å²) >= 11 is 4.80. The Morgan fingerprint density at radius 3 is 1.97 bits per heavy atom. The number of halogens is 2. The molecule has 0 bridgehead atoms. The lowest BCUT2D eigenvalue weighted by molar-refractivity contribution is 0.306. The fourth-order valence-electron chi connectivity index (χ4n) is 3.58. The standard InChI is InChI=1S/C27H28I2O/c1-2-26(21-9-5-3-6-10-21)27(22-11-15-24(29)16-12-22)23-13-17-25(18-14-23)30-20-8-4-7-19-28/h3,5-6,9-18H,2,4,7-8,19-20H2,1H3/b27-26-. The molecular formula is C27H28I2O. The SMILES string of the molecule is CC/C(=C(\c1ccc(I)cc1)c1ccc(OCCCCCI)cc1)c1ccccc1. The van der Waals surface area contributed by atoms with Crippen LogP contribution in [0.25, 0.3) is 11.1 Å². The van der Waals surface area contributed by atoms with E-state index in [1.165, 1.54) is 48.7 Å². The number of allylic oxidation sites excluding steroid dienone is 1. The summed E-state index contributed by atoms with van der Waals surface area (Å²) in [5, 5.41) is 0. The molecule has 0 unspecified atom stereocenters. The van der Waals surface area contributed by atoms with E-state index >= 15 is 0 Å². The molecule has 0 spiro atoms. The number of benzene rings is 3. The normalized spacial score (nSPS) is 11.8. The minimum atomic E-state index is 0.792. The van der Waals surface area contributed by atoms with E-state index in [0.717, 1.165) is 25.2 Å². The molecule has 0 heterocycles. The van der Waals surface area contributed by atoms with Gasteiger partial charge >= 0.3 is 0 Å². The Hall–Kier alpha value is -1.34. The van der Waals surface area contributed by atoms with Crippen molar-refractivity contribution >= 4 is 56.3 Å². The highest BCUT2D eigenvalue weighted by atomic mass is 127. The van der Waals surface area contributed by atoms with Gasteiger partial charge in [-0.3, -0.25) is 0 Å². The van der Waals surface area contributed by atoms with Crippen molar-refractivity contribution in [3.05, 3.63) is 99.1 Å². The fourth-order valence-corrected chi connectivity index (χ4v) is 4.48. The first-order chi connectivity index (χ1) is 14.7. The first kappa shape index (κ1) is 23.3. The molecule has 3 rings (SSSR count). The van der Waals surface area contributed by atoms with Crippen LogP contribution >= 0.6 is 45.2 Å². The molecule has 1 nitrogen and oxygen atoms in total. The lowest BCUT2D eigenvalue weighted by Gasteiger charge is -2.17. The number of hydrogen-bond donors (Lipinski definition) is 0. The van der Waals surface area contributed by atoms with Crippen LogP contribution in [0.5, 0.6) is 5.75 Å². The molecule has 0 amide bonds. The molecular weight excluding hydrogens is 594 g/mol. The number of hydrogen-bond acceptors (Lipinski definition) is 1. The van der Waals surface area contributed by atoms with Crippen molar-refractivity contribution in [2.45, 2.75) is 32.6 Å². The number of unbranched alkanes of at least 4 members (excludes halogenated alkanes) is 2. The quantitative estimate of drug-likeness (QED) is 0.0953. The van der Waals surface area contributed by atoms with Gasteiger partial charge in [-0.05, 0) is 105 Å². The van der Waals surface area contributed by atoms with E-state index < -0.39 is 0 Å². The van der Waals surface area contributed by atoms with Crippen LogP contribution in [-0.2, 0) is 0 Å². The van der Waals surface area contributed by atoms with Crippen molar-refractivity contribution in [1.82, 2.24) is 0 Å². The van der Waals surface area contributed by atoms with Crippen molar-refractivity contribution in [2.75, 3.05) is 11.0 Å². The topological polar surface area (TPSA) is 9.23 Å². The molecule has 156 valence electrons. The van der Waals surface area contributed by atoms with Crippen LogP contribution in [0.1, 0.15) is 49.3 Å². The summed E-state index contributed by atoms with van der Waals surface area (Å²) in [7, 11) is 0. The second kappa shape index (κ2) is 12.5. The van der Waals surface area contributed by atoms with E-state index in [-0.39, 0.29) is 0 Å². The maximum Gasteiger partial charge on any atom is 0.119 e. The number of ether oxygens (including phenoxy) is 1. The molecule has 0 aliphatic rings. The number of rotatable bonds is 10. The third-order valence-corrected chi connectivity index (χ3v) is 6.58. The van der Waals surface area contributed by atoms with Gasteiger partial charge in [0.25, 0.3) is 0 Å². The van der Waals surface area contributed by atoms with E-state index in [4.69, 9.17) is 4.74 Å². The maximum atomic E-state index is 5.96. The van der Waals surface area contributed by atoms with Crippen molar-refractivity contribution in [2.24, 2.45) is 0 Å². The third kappa shape index (κ3) is 6.58. The Morgan fingerprint density at radius 2 is 1.37 bits per heavy atom. The van der Waals surface area contributed by atoms with Gasteiger partial charge in [0.1, 0.15) is 5.75 Å². The molecule has 0 radical (unpaired) electrons. The highest BCUT2D eigenvalue weighted by Crippen LogP contribution is 2.35. The van der Waals surface area contributed by atoms with Crippen molar-refractivity contribution in [3.63, 3.8) is 0 Å². The van der Waals surface area contributed by atoms with E-state index in [1.807, 2.05) is 0 Å². The molecule has 3 heteroatoms. The molecule has 30 heavy (non-hydrogen) atoms. The molecule has 0 saturated heterocycles. The van der Waals surface area contributed by atoms with E-state index in [2.05, 4.69) is 131 Å². The van der Waals surface area contributed by atoms with Crippen LogP contribution < -0.4 is 4.74 Å². The molecule has 0 aromatic heterocycles. The summed E-state index contributed by atoms with van der Waals surface area (Å²) in [5.74, 6) is 0.952. The lowest BCUT2D eigenvalue weighted by Crippen LogP contribution is -1.98. The van der Waals surface area contributed by atoms with Crippen LogP contribution in [0.4, 0.5) is 0 Å². The van der Waals surface area contributed by atoms with Gasteiger partial charge in [-0.15, -0.1) is 0 Å². The largest absolute Gasteiger partial charge is 0.494 e. The van der Waals surface area contributed by atoms with E-state index in [0.29, 0.717) is 0 Å². The predicted molar refractivity (Wildman–Crippen MR) is 146 cm³/mol. The highest BCUT2D eigenvalue weighted by molar-refractivity contribution is 14.1. The van der Waals surface area contributed by atoms with E-state index in [1.54, 1.807) is 0 Å². The molecule has 0 fully saturated rings. The molecule has 3 aromatic carbocycles. The second-order valence-electron chi connectivity index (χ2n) is 7.20. The van der Waals surface area contributed by atoms with Gasteiger partial charge in [0, 0.05) is 3.57 Å². The zero-order valence-corrected chi connectivity index (χ0v) is 21.7. The Balaban J connectivity index is 1.93. The summed E-state index contributed by atoms with van der Waals surface area (Å²) in [5.41, 5.74) is 6.43. The van der Waals surface area contributed by atoms with Crippen LogP contribution in [-0.4, -0.2) is 11.0 Å². The molecule has 0 aliphatic heterocycles. The summed E-state index contributed by atoms with van der Waals surface area (Å²) in [6.45, 7) is 3.03. The third-order valence-electron chi connectivity index (χ3n) is 5.10. The molecule has 3 aromatic rings. The van der Waals surface area contributed by atoms with Crippen LogP contribution in [0.3, 0.4) is 0 Å². The molecule has 0 N–H and O–H groups in total. The summed E-state index contributed by atoms with van der Waals surface area (Å²) in [6, 6.07) is 28.2. The van der Waals surface area contributed by atoms with Gasteiger partial charge in [0.2, 0.25) is 0 Å². The van der Waals surface area contributed by atoms with E-state index in [9.17, 15) is 0 Å². The summed E-state index contributed by atoms with van der Waals surface area (Å²) < 4.78 is 8.43. The smallest absolute Gasteiger partial charge is 0.119 e. The average molecular weight is 622 g/mol. The van der Waals surface area contributed by atoms with Gasteiger partial charge in [-0.1, -0.05) is 84.1 Å². The summed E-state index contributed by atoms with van der Waals surface area (Å²) in [4.78, 5) is 0. The average Bonchev–Trinajstić information content (AvgIpc) is 2.79. The zero-order chi connectivity index (χ0) is 21.2. The fraction of sp³-hybridized carbons (Fsp3) is 0.259. The van der Waals surface area contributed by atoms with Gasteiger partial charge in [0.05, 0.1) is 6.61 Å². The minimum absolute atomic E-state index is 0.792. The van der Waals surface area contributed by atoms with Crippen LogP contribution in [0, 0.1) is 3.57 Å². The Labute approximate surface area is 208 Å². The van der Waals surface area contributed by atoms with Gasteiger partial charge < -0.3 is 4.74 Å². The highest BCUT2D eigenvalue weighted by Gasteiger charge is 2.13.